The Labute approximate surface area is 125 Å². The molecule has 4 heteroatoms. The molecular formula is C17H21N3O. The molecule has 1 aromatic heterocycles. The van der Waals surface area contributed by atoms with Crippen LogP contribution in [0.3, 0.4) is 0 Å². The molecule has 1 aromatic carbocycles. The van der Waals surface area contributed by atoms with Gasteiger partial charge in [0.05, 0.1) is 11.9 Å². The SMILES string of the molecule is CCC(=O)Nc1ccc(Nc2c(C)cc(C)cc2C)cn1. The van der Waals surface area contributed by atoms with Gasteiger partial charge in [-0.1, -0.05) is 24.6 Å². The van der Waals surface area contributed by atoms with E-state index in [-0.39, 0.29) is 5.91 Å². The molecule has 0 atom stereocenters. The molecule has 0 aliphatic carbocycles. The predicted octanol–water partition coefficient (Wildman–Crippen LogP) is 4.10. The Bertz CT molecular complexity index is 625. The van der Waals surface area contributed by atoms with E-state index >= 15 is 0 Å². The Balaban J connectivity index is 2.16. The second-order valence-electron chi connectivity index (χ2n) is 5.23. The van der Waals surface area contributed by atoms with Crippen molar-refractivity contribution >= 4 is 23.1 Å². The molecule has 0 radical (unpaired) electrons. The van der Waals surface area contributed by atoms with Gasteiger partial charge in [-0.15, -0.1) is 0 Å². The molecule has 1 amide bonds. The number of benzene rings is 1. The number of hydrogen-bond acceptors (Lipinski definition) is 3. The minimum atomic E-state index is -0.0339. The Hall–Kier alpha value is -2.36. The zero-order chi connectivity index (χ0) is 15.4. The lowest BCUT2D eigenvalue weighted by Crippen LogP contribution is -2.10. The van der Waals surface area contributed by atoms with Gasteiger partial charge in [-0.25, -0.2) is 4.98 Å². The summed E-state index contributed by atoms with van der Waals surface area (Å²) in [5.41, 5.74) is 5.67. The summed E-state index contributed by atoms with van der Waals surface area (Å²) in [4.78, 5) is 15.6. The van der Waals surface area contributed by atoms with Crippen LogP contribution in [0.1, 0.15) is 30.0 Å². The van der Waals surface area contributed by atoms with Gasteiger partial charge < -0.3 is 10.6 Å². The summed E-state index contributed by atoms with van der Waals surface area (Å²) in [5, 5.41) is 6.12. The van der Waals surface area contributed by atoms with Gasteiger partial charge in [0.15, 0.2) is 0 Å². The first kappa shape index (κ1) is 15.0. The van der Waals surface area contributed by atoms with Crippen LogP contribution < -0.4 is 10.6 Å². The number of nitrogens with zero attached hydrogens (tertiary/aromatic N) is 1. The van der Waals surface area contributed by atoms with Crippen molar-refractivity contribution in [2.75, 3.05) is 10.6 Å². The van der Waals surface area contributed by atoms with E-state index in [0.29, 0.717) is 12.2 Å². The van der Waals surface area contributed by atoms with E-state index < -0.39 is 0 Å². The third-order valence-electron chi connectivity index (χ3n) is 3.30. The first-order chi connectivity index (χ1) is 9.99. The highest BCUT2D eigenvalue weighted by Crippen LogP contribution is 2.25. The van der Waals surface area contributed by atoms with Crippen molar-refractivity contribution < 1.29 is 4.79 Å². The van der Waals surface area contributed by atoms with Crippen molar-refractivity contribution in [3.05, 3.63) is 47.2 Å². The van der Waals surface area contributed by atoms with Crippen molar-refractivity contribution in [3.63, 3.8) is 0 Å². The number of aryl methyl sites for hydroxylation is 3. The van der Waals surface area contributed by atoms with Crippen LogP contribution in [0.15, 0.2) is 30.5 Å². The first-order valence-corrected chi connectivity index (χ1v) is 7.10. The summed E-state index contributed by atoms with van der Waals surface area (Å²) in [5.74, 6) is 0.540. The van der Waals surface area contributed by atoms with Crippen LogP contribution >= 0.6 is 0 Å². The molecule has 1 heterocycles. The van der Waals surface area contributed by atoms with Crippen LogP contribution in [0.4, 0.5) is 17.2 Å². The highest BCUT2D eigenvalue weighted by atomic mass is 16.1. The van der Waals surface area contributed by atoms with Gasteiger partial charge >= 0.3 is 0 Å². The number of anilines is 3. The van der Waals surface area contributed by atoms with Gasteiger partial charge in [0.1, 0.15) is 5.82 Å². The summed E-state index contributed by atoms with van der Waals surface area (Å²) in [6, 6.07) is 8.02. The smallest absolute Gasteiger partial charge is 0.225 e. The lowest BCUT2D eigenvalue weighted by atomic mass is 10.0. The zero-order valence-electron chi connectivity index (χ0n) is 12.9. The molecule has 0 spiro atoms. The second-order valence-corrected chi connectivity index (χ2v) is 5.23. The lowest BCUT2D eigenvalue weighted by Gasteiger charge is -2.14. The van der Waals surface area contributed by atoms with Crippen molar-refractivity contribution in [1.29, 1.82) is 0 Å². The Kier molecular flexibility index (Phi) is 4.58. The van der Waals surface area contributed by atoms with E-state index in [1.54, 1.807) is 12.3 Å². The van der Waals surface area contributed by atoms with E-state index in [2.05, 4.69) is 48.5 Å². The summed E-state index contributed by atoms with van der Waals surface area (Å²) < 4.78 is 0. The van der Waals surface area contributed by atoms with Gasteiger partial charge in [-0.3, -0.25) is 4.79 Å². The van der Waals surface area contributed by atoms with Gasteiger partial charge in [-0.2, -0.15) is 0 Å². The second kappa shape index (κ2) is 6.39. The average Bonchev–Trinajstić information content (AvgIpc) is 2.44. The predicted molar refractivity (Wildman–Crippen MR) is 87.1 cm³/mol. The summed E-state index contributed by atoms with van der Waals surface area (Å²) in [6.07, 6.45) is 2.17. The quantitative estimate of drug-likeness (QED) is 0.888. The molecule has 0 bridgehead atoms. The molecule has 0 aliphatic heterocycles. The molecule has 2 N–H and O–H groups in total. The molecule has 4 nitrogen and oxygen atoms in total. The number of aromatic nitrogens is 1. The average molecular weight is 283 g/mol. The molecule has 2 aromatic rings. The summed E-state index contributed by atoms with van der Waals surface area (Å²) in [6.45, 7) is 8.09. The van der Waals surface area contributed by atoms with E-state index in [1.165, 1.54) is 16.7 Å². The minimum Gasteiger partial charge on any atom is -0.354 e. The fourth-order valence-corrected chi connectivity index (χ4v) is 2.29. The largest absolute Gasteiger partial charge is 0.354 e. The number of rotatable bonds is 4. The van der Waals surface area contributed by atoms with Crippen LogP contribution in [-0.2, 0) is 4.79 Å². The standard InChI is InChI=1S/C17H21N3O/c1-5-16(21)20-15-7-6-14(10-18-15)19-17-12(3)8-11(2)9-13(17)4/h6-10,19H,5H2,1-4H3,(H,18,20,21). The zero-order valence-corrected chi connectivity index (χ0v) is 12.9. The third kappa shape index (κ3) is 3.81. The fourth-order valence-electron chi connectivity index (χ4n) is 2.29. The number of nitrogens with one attached hydrogen (secondary N) is 2. The van der Waals surface area contributed by atoms with Crippen molar-refractivity contribution in [2.45, 2.75) is 34.1 Å². The maximum absolute atomic E-state index is 11.3. The Morgan fingerprint density at radius 2 is 1.81 bits per heavy atom. The van der Waals surface area contributed by atoms with Gasteiger partial charge in [0.2, 0.25) is 5.91 Å². The molecule has 0 unspecified atom stereocenters. The van der Waals surface area contributed by atoms with Crippen LogP contribution in [0.2, 0.25) is 0 Å². The summed E-state index contributed by atoms with van der Waals surface area (Å²) in [7, 11) is 0. The molecule has 0 aliphatic rings. The maximum atomic E-state index is 11.3. The van der Waals surface area contributed by atoms with E-state index in [0.717, 1.165) is 11.4 Å². The molecular weight excluding hydrogens is 262 g/mol. The molecule has 110 valence electrons. The van der Waals surface area contributed by atoms with Crippen molar-refractivity contribution in [2.24, 2.45) is 0 Å². The van der Waals surface area contributed by atoms with Gasteiger partial charge in [0.25, 0.3) is 0 Å². The highest BCUT2D eigenvalue weighted by molar-refractivity contribution is 5.89. The highest BCUT2D eigenvalue weighted by Gasteiger charge is 2.05. The molecule has 2 rings (SSSR count). The monoisotopic (exact) mass is 283 g/mol. The lowest BCUT2D eigenvalue weighted by molar-refractivity contribution is -0.115. The van der Waals surface area contributed by atoms with E-state index in [4.69, 9.17) is 0 Å². The normalized spacial score (nSPS) is 10.3. The van der Waals surface area contributed by atoms with E-state index in [9.17, 15) is 4.79 Å². The van der Waals surface area contributed by atoms with Crippen LogP contribution in [0, 0.1) is 20.8 Å². The van der Waals surface area contributed by atoms with E-state index in [1.807, 2.05) is 13.0 Å². The molecule has 0 saturated heterocycles. The van der Waals surface area contributed by atoms with Crippen LogP contribution in [-0.4, -0.2) is 10.9 Å². The topological polar surface area (TPSA) is 54.0 Å². The molecule has 0 fully saturated rings. The number of hydrogen-bond donors (Lipinski definition) is 2. The number of pyridine rings is 1. The molecule has 21 heavy (non-hydrogen) atoms. The van der Waals surface area contributed by atoms with Crippen LogP contribution in [0.25, 0.3) is 0 Å². The maximum Gasteiger partial charge on any atom is 0.225 e. The van der Waals surface area contributed by atoms with Gasteiger partial charge in [0, 0.05) is 12.1 Å². The first-order valence-electron chi connectivity index (χ1n) is 7.10. The number of carbonyl (C=O) groups excluding carboxylic acids is 1. The van der Waals surface area contributed by atoms with Crippen molar-refractivity contribution in [3.8, 4) is 0 Å². The Morgan fingerprint density at radius 1 is 1.14 bits per heavy atom. The molecule has 0 saturated carbocycles. The minimum absolute atomic E-state index is 0.0339. The number of carbonyl (C=O) groups is 1. The number of amides is 1. The summed E-state index contributed by atoms with van der Waals surface area (Å²) >= 11 is 0. The van der Waals surface area contributed by atoms with Crippen molar-refractivity contribution in [1.82, 2.24) is 4.98 Å². The Morgan fingerprint density at radius 3 is 2.33 bits per heavy atom. The van der Waals surface area contributed by atoms with Gasteiger partial charge in [-0.05, 0) is 44.0 Å². The third-order valence-corrected chi connectivity index (χ3v) is 3.30. The van der Waals surface area contributed by atoms with Crippen LogP contribution in [0.5, 0.6) is 0 Å². The fraction of sp³-hybridized carbons (Fsp3) is 0.294.